The first kappa shape index (κ1) is 23.8. The van der Waals surface area contributed by atoms with E-state index in [0.29, 0.717) is 30.2 Å². The van der Waals surface area contributed by atoms with Crippen molar-refractivity contribution in [1.82, 2.24) is 10.6 Å². The van der Waals surface area contributed by atoms with Crippen LogP contribution in [0.4, 0.5) is 0 Å². The van der Waals surface area contributed by atoms with Gasteiger partial charge in [0.2, 0.25) is 5.91 Å². The van der Waals surface area contributed by atoms with Crippen LogP contribution in [0.5, 0.6) is 5.75 Å². The van der Waals surface area contributed by atoms with Gasteiger partial charge in [-0.1, -0.05) is 56.3 Å². The number of rotatable bonds is 11. The smallest absolute Gasteiger partial charge is 0.255 e. The van der Waals surface area contributed by atoms with Crippen molar-refractivity contribution in [1.29, 1.82) is 0 Å². The van der Waals surface area contributed by atoms with Gasteiger partial charge in [-0.05, 0) is 42.0 Å². The highest BCUT2D eigenvalue weighted by Crippen LogP contribution is 2.23. The lowest BCUT2D eigenvalue weighted by Crippen LogP contribution is -2.48. The number of ether oxygens (including phenoxy) is 1. The number of thioether (sulfide) groups is 1. The number of benzene rings is 2. The molecule has 0 saturated heterocycles. The number of para-hydroxylation sites is 1. The zero-order chi connectivity index (χ0) is 21.9. The van der Waals surface area contributed by atoms with E-state index in [1.165, 1.54) is 12.7 Å². The van der Waals surface area contributed by atoms with Crippen LogP contribution >= 0.6 is 11.8 Å². The second kappa shape index (κ2) is 12.3. The van der Waals surface area contributed by atoms with E-state index in [1.54, 1.807) is 30.0 Å². The van der Waals surface area contributed by atoms with Gasteiger partial charge in [-0.2, -0.15) is 11.8 Å². The molecule has 2 unspecified atom stereocenters. The van der Waals surface area contributed by atoms with Gasteiger partial charge in [0.1, 0.15) is 11.8 Å². The van der Waals surface area contributed by atoms with E-state index in [2.05, 4.69) is 36.6 Å². The van der Waals surface area contributed by atoms with E-state index in [4.69, 9.17) is 4.74 Å². The molecular formula is C24H32N2O3S. The molecule has 0 spiro atoms. The second-order valence-electron chi connectivity index (χ2n) is 7.51. The van der Waals surface area contributed by atoms with Crippen molar-refractivity contribution in [3.8, 4) is 5.75 Å². The molecule has 2 N–H and O–H groups in total. The fraction of sp³-hybridized carbons (Fsp3) is 0.417. The zero-order valence-corrected chi connectivity index (χ0v) is 19.0. The van der Waals surface area contributed by atoms with Crippen LogP contribution in [0.2, 0.25) is 0 Å². The maximum atomic E-state index is 13.0. The summed E-state index contributed by atoms with van der Waals surface area (Å²) in [7, 11) is 1.53. The van der Waals surface area contributed by atoms with Crippen molar-refractivity contribution in [2.45, 2.75) is 32.2 Å². The first-order chi connectivity index (χ1) is 14.5. The topological polar surface area (TPSA) is 67.4 Å². The highest BCUT2D eigenvalue weighted by Gasteiger charge is 2.24. The summed E-state index contributed by atoms with van der Waals surface area (Å²) in [5, 5.41) is 5.95. The maximum absolute atomic E-state index is 13.0. The van der Waals surface area contributed by atoms with Crippen LogP contribution in [0.25, 0.3) is 0 Å². The molecule has 0 aromatic heterocycles. The molecule has 30 heavy (non-hydrogen) atoms. The van der Waals surface area contributed by atoms with Crippen LogP contribution in [0.3, 0.4) is 0 Å². The molecule has 0 heterocycles. The molecule has 162 valence electrons. The van der Waals surface area contributed by atoms with Gasteiger partial charge < -0.3 is 15.4 Å². The summed E-state index contributed by atoms with van der Waals surface area (Å²) in [5.74, 6) is 1.38. The number of methoxy groups -OCH3 is 1. The molecule has 2 aromatic carbocycles. The van der Waals surface area contributed by atoms with E-state index in [1.807, 2.05) is 30.5 Å². The number of hydrogen-bond acceptors (Lipinski definition) is 4. The predicted molar refractivity (Wildman–Crippen MR) is 124 cm³/mol. The minimum Gasteiger partial charge on any atom is -0.496 e. The fourth-order valence-corrected chi connectivity index (χ4v) is 3.82. The number of amides is 2. The Morgan fingerprint density at radius 1 is 1.03 bits per heavy atom. The number of carbonyl (C=O) groups excluding carboxylic acids is 2. The molecule has 0 bridgehead atoms. The van der Waals surface area contributed by atoms with Crippen LogP contribution < -0.4 is 15.4 Å². The monoisotopic (exact) mass is 428 g/mol. The van der Waals surface area contributed by atoms with Crippen molar-refractivity contribution in [2.24, 2.45) is 5.92 Å². The van der Waals surface area contributed by atoms with Crippen LogP contribution in [0.15, 0.2) is 54.6 Å². The zero-order valence-electron chi connectivity index (χ0n) is 18.2. The third kappa shape index (κ3) is 6.80. The van der Waals surface area contributed by atoms with Crippen molar-refractivity contribution in [2.75, 3.05) is 25.7 Å². The van der Waals surface area contributed by atoms with Crippen molar-refractivity contribution in [3.05, 3.63) is 65.7 Å². The SMILES string of the molecule is COc1ccccc1C(=O)NC(CCSC)C(=O)NCC(c1ccccc1)C(C)C. The minimum atomic E-state index is -0.599. The summed E-state index contributed by atoms with van der Waals surface area (Å²) in [6.07, 6.45) is 2.55. The second-order valence-corrected chi connectivity index (χ2v) is 8.50. The van der Waals surface area contributed by atoms with E-state index in [-0.39, 0.29) is 17.7 Å². The average Bonchev–Trinajstić information content (AvgIpc) is 2.76. The van der Waals surface area contributed by atoms with E-state index in [0.717, 1.165) is 5.75 Å². The fourth-order valence-electron chi connectivity index (χ4n) is 3.35. The van der Waals surface area contributed by atoms with E-state index < -0.39 is 6.04 Å². The summed E-state index contributed by atoms with van der Waals surface area (Å²) < 4.78 is 5.28. The molecule has 2 aromatic rings. The first-order valence-corrected chi connectivity index (χ1v) is 11.6. The molecule has 0 aliphatic heterocycles. The minimum absolute atomic E-state index is 0.158. The van der Waals surface area contributed by atoms with Crippen LogP contribution in [0, 0.1) is 5.92 Å². The first-order valence-electron chi connectivity index (χ1n) is 10.2. The summed E-state index contributed by atoms with van der Waals surface area (Å²) in [6, 6.07) is 16.6. The molecule has 5 nitrogen and oxygen atoms in total. The molecule has 0 fully saturated rings. The molecule has 6 heteroatoms. The largest absolute Gasteiger partial charge is 0.496 e. The van der Waals surface area contributed by atoms with E-state index >= 15 is 0 Å². The van der Waals surface area contributed by atoms with Gasteiger partial charge in [-0.15, -0.1) is 0 Å². The lowest BCUT2D eigenvalue weighted by Gasteiger charge is -2.24. The number of hydrogen-bond donors (Lipinski definition) is 2. The van der Waals surface area contributed by atoms with Gasteiger partial charge in [-0.3, -0.25) is 9.59 Å². The summed E-state index contributed by atoms with van der Waals surface area (Å²) in [6.45, 7) is 4.83. The van der Waals surface area contributed by atoms with Gasteiger partial charge in [0.15, 0.2) is 0 Å². The highest BCUT2D eigenvalue weighted by molar-refractivity contribution is 7.98. The summed E-state index contributed by atoms with van der Waals surface area (Å²) >= 11 is 1.65. The number of carbonyl (C=O) groups is 2. The number of nitrogens with one attached hydrogen (secondary N) is 2. The molecule has 0 aliphatic rings. The van der Waals surface area contributed by atoms with Gasteiger partial charge in [0.05, 0.1) is 12.7 Å². The molecule has 0 saturated carbocycles. The quantitative estimate of drug-likeness (QED) is 0.565. The van der Waals surface area contributed by atoms with Crippen molar-refractivity contribution in [3.63, 3.8) is 0 Å². The molecular weight excluding hydrogens is 396 g/mol. The lowest BCUT2D eigenvalue weighted by molar-refractivity contribution is -0.123. The third-order valence-electron chi connectivity index (χ3n) is 5.11. The van der Waals surface area contributed by atoms with Crippen LogP contribution in [-0.2, 0) is 4.79 Å². The Kier molecular flexibility index (Phi) is 9.74. The maximum Gasteiger partial charge on any atom is 0.255 e. The standard InChI is InChI=1S/C24H32N2O3S/c1-17(2)20(18-10-6-5-7-11-18)16-25-24(28)21(14-15-30-4)26-23(27)19-12-8-9-13-22(19)29-3/h5-13,17,20-21H,14-16H2,1-4H3,(H,25,28)(H,26,27). The van der Waals surface area contributed by atoms with Crippen LogP contribution in [-0.4, -0.2) is 43.5 Å². The Morgan fingerprint density at radius 2 is 1.70 bits per heavy atom. The normalized spacial score (nSPS) is 12.8. The molecule has 0 aliphatic carbocycles. The molecule has 0 radical (unpaired) electrons. The van der Waals surface area contributed by atoms with Gasteiger partial charge >= 0.3 is 0 Å². The van der Waals surface area contributed by atoms with Crippen LogP contribution in [0.1, 0.15) is 42.1 Å². The van der Waals surface area contributed by atoms with Crippen molar-refractivity contribution >= 4 is 23.6 Å². The van der Waals surface area contributed by atoms with Gasteiger partial charge in [-0.25, -0.2) is 0 Å². The third-order valence-corrected chi connectivity index (χ3v) is 5.76. The molecule has 2 atom stereocenters. The molecule has 2 amide bonds. The Labute approximate surface area is 184 Å². The van der Waals surface area contributed by atoms with Gasteiger partial charge in [0.25, 0.3) is 5.91 Å². The average molecular weight is 429 g/mol. The summed E-state index contributed by atoms with van der Waals surface area (Å²) in [5.41, 5.74) is 1.62. The Bertz CT molecular complexity index is 811. The lowest BCUT2D eigenvalue weighted by atomic mass is 9.88. The Hall–Kier alpha value is -2.47. The molecule has 2 rings (SSSR count). The summed E-state index contributed by atoms with van der Waals surface area (Å²) in [4.78, 5) is 25.8. The van der Waals surface area contributed by atoms with Gasteiger partial charge in [0, 0.05) is 12.5 Å². The highest BCUT2D eigenvalue weighted by atomic mass is 32.2. The van der Waals surface area contributed by atoms with E-state index in [9.17, 15) is 9.59 Å². The Balaban J connectivity index is 2.08. The Morgan fingerprint density at radius 3 is 2.33 bits per heavy atom. The van der Waals surface area contributed by atoms with Crippen molar-refractivity contribution < 1.29 is 14.3 Å². The predicted octanol–water partition coefficient (Wildman–Crippen LogP) is 4.10.